The number of likely N-dealkylation sites (tertiary alicyclic amines) is 1. The minimum absolute atomic E-state index is 0.194. The van der Waals surface area contributed by atoms with E-state index in [1.54, 1.807) is 0 Å². The van der Waals surface area contributed by atoms with Gasteiger partial charge in [0.2, 0.25) is 5.91 Å². The van der Waals surface area contributed by atoms with Crippen molar-refractivity contribution in [2.45, 2.75) is 19.8 Å². The molecule has 0 spiro atoms. The molecule has 4 heteroatoms. The standard InChI is InChI=1S/C10H19N3O/c1-9(6-11)7-12-8-10(14)13-4-2-3-5-13/h6,9,11-12H,2-5,7-8H2,1H3. The molecule has 1 heterocycles. The van der Waals surface area contributed by atoms with Crippen molar-refractivity contribution in [3.05, 3.63) is 0 Å². The summed E-state index contributed by atoms with van der Waals surface area (Å²) in [5, 5.41) is 10.1. The lowest BCUT2D eigenvalue weighted by molar-refractivity contribution is -0.129. The minimum atomic E-state index is 0.194. The van der Waals surface area contributed by atoms with Crippen LogP contribution in [-0.2, 0) is 4.79 Å². The summed E-state index contributed by atoms with van der Waals surface area (Å²) in [6.45, 7) is 4.92. The molecule has 0 bridgehead atoms. The molecule has 1 amide bonds. The van der Waals surface area contributed by atoms with Crippen LogP contribution in [0.1, 0.15) is 19.8 Å². The van der Waals surface area contributed by atoms with E-state index in [1.807, 2.05) is 11.8 Å². The van der Waals surface area contributed by atoms with E-state index < -0.39 is 0 Å². The summed E-state index contributed by atoms with van der Waals surface area (Å²) in [6, 6.07) is 0. The van der Waals surface area contributed by atoms with Crippen LogP contribution in [0.5, 0.6) is 0 Å². The van der Waals surface area contributed by atoms with E-state index in [0.717, 1.165) is 25.9 Å². The summed E-state index contributed by atoms with van der Waals surface area (Å²) >= 11 is 0. The molecular formula is C10H19N3O. The van der Waals surface area contributed by atoms with Crippen molar-refractivity contribution in [2.75, 3.05) is 26.2 Å². The molecule has 0 aromatic rings. The number of amides is 1. The normalized spacial score (nSPS) is 18.2. The van der Waals surface area contributed by atoms with Crippen LogP contribution in [0.4, 0.5) is 0 Å². The Morgan fingerprint density at radius 3 is 2.79 bits per heavy atom. The van der Waals surface area contributed by atoms with E-state index in [0.29, 0.717) is 13.1 Å². The number of rotatable bonds is 5. The number of hydrogen-bond donors (Lipinski definition) is 2. The molecule has 0 aliphatic carbocycles. The Kier molecular flexibility index (Phi) is 4.59. The summed E-state index contributed by atoms with van der Waals surface area (Å²) in [7, 11) is 0. The van der Waals surface area contributed by atoms with E-state index in [1.165, 1.54) is 6.21 Å². The SMILES string of the molecule is CC(C=N)CNCC(=O)N1CCCC1. The zero-order valence-electron chi connectivity index (χ0n) is 8.75. The Labute approximate surface area is 85.2 Å². The lowest BCUT2D eigenvalue weighted by Gasteiger charge is -2.15. The number of nitrogens with zero attached hydrogens (tertiary/aromatic N) is 1. The van der Waals surface area contributed by atoms with Crippen LogP contribution < -0.4 is 5.32 Å². The molecule has 1 rings (SSSR count). The molecule has 1 aliphatic rings. The quantitative estimate of drug-likeness (QED) is 0.630. The highest BCUT2D eigenvalue weighted by Crippen LogP contribution is 2.06. The molecule has 0 saturated carbocycles. The minimum Gasteiger partial charge on any atom is -0.342 e. The fourth-order valence-corrected chi connectivity index (χ4v) is 1.54. The number of nitrogens with one attached hydrogen (secondary N) is 2. The maximum absolute atomic E-state index is 11.5. The average Bonchev–Trinajstić information content (AvgIpc) is 2.70. The molecule has 2 N–H and O–H groups in total. The van der Waals surface area contributed by atoms with E-state index in [9.17, 15) is 4.79 Å². The third kappa shape index (κ3) is 3.46. The number of carbonyl (C=O) groups excluding carboxylic acids is 1. The van der Waals surface area contributed by atoms with Crippen molar-refractivity contribution in [3.8, 4) is 0 Å². The first-order chi connectivity index (χ1) is 6.74. The smallest absolute Gasteiger partial charge is 0.236 e. The molecule has 1 aliphatic heterocycles. The van der Waals surface area contributed by atoms with Crippen molar-refractivity contribution < 1.29 is 4.79 Å². The maximum Gasteiger partial charge on any atom is 0.236 e. The molecule has 1 saturated heterocycles. The summed E-state index contributed by atoms with van der Waals surface area (Å²) in [6.07, 6.45) is 3.68. The summed E-state index contributed by atoms with van der Waals surface area (Å²) in [4.78, 5) is 13.4. The first-order valence-electron chi connectivity index (χ1n) is 5.23. The van der Waals surface area contributed by atoms with Crippen LogP contribution in [0.25, 0.3) is 0 Å². The van der Waals surface area contributed by atoms with Crippen LogP contribution in [0.15, 0.2) is 0 Å². The lowest BCUT2D eigenvalue weighted by atomic mass is 10.2. The van der Waals surface area contributed by atoms with Crippen molar-refractivity contribution in [1.29, 1.82) is 5.41 Å². The average molecular weight is 197 g/mol. The van der Waals surface area contributed by atoms with Gasteiger partial charge >= 0.3 is 0 Å². The van der Waals surface area contributed by atoms with Crippen molar-refractivity contribution in [2.24, 2.45) is 5.92 Å². The monoisotopic (exact) mass is 197 g/mol. The maximum atomic E-state index is 11.5. The third-order valence-corrected chi connectivity index (χ3v) is 2.49. The topological polar surface area (TPSA) is 56.2 Å². The molecular weight excluding hydrogens is 178 g/mol. The number of carbonyl (C=O) groups is 1. The van der Waals surface area contributed by atoms with Gasteiger partial charge in [0.1, 0.15) is 0 Å². The number of hydrogen-bond acceptors (Lipinski definition) is 3. The van der Waals surface area contributed by atoms with Gasteiger partial charge in [-0.25, -0.2) is 0 Å². The molecule has 4 nitrogen and oxygen atoms in total. The second-order valence-corrected chi connectivity index (χ2v) is 3.86. The van der Waals surface area contributed by atoms with E-state index in [2.05, 4.69) is 5.32 Å². The molecule has 1 unspecified atom stereocenters. The molecule has 1 fully saturated rings. The highest BCUT2D eigenvalue weighted by Gasteiger charge is 2.16. The van der Waals surface area contributed by atoms with Gasteiger partial charge in [-0.05, 0) is 19.1 Å². The molecule has 0 radical (unpaired) electrons. The van der Waals surface area contributed by atoms with Gasteiger partial charge in [-0.3, -0.25) is 4.79 Å². The van der Waals surface area contributed by atoms with Gasteiger partial charge < -0.3 is 15.6 Å². The van der Waals surface area contributed by atoms with Crippen LogP contribution in [-0.4, -0.2) is 43.2 Å². The van der Waals surface area contributed by atoms with Crippen LogP contribution in [0, 0.1) is 11.3 Å². The van der Waals surface area contributed by atoms with Gasteiger partial charge in [0.15, 0.2) is 0 Å². The first-order valence-corrected chi connectivity index (χ1v) is 5.23. The van der Waals surface area contributed by atoms with Crippen LogP contribution >= 0.6 is 0 Å². The molecule has 1 atom stereocenters. The first kappa shape index (κ1) is 11.2. The van der Waals surface area contributed by atoms with Crippen LogP contribution in [0.2, 0.25) is 0 Å². The van der Waals surface area contributed by atoms with Gasteiger partial charge in [0.25, 0.3) is 0 Å². The second-order valence-electron chi connectivity index (χ2n) is 3.86. The second kappa shape index (κ2) is 5.75. The highest BCUT2D eigenvalue weighted by molar-refractivity contribution is 5.78. The summed E-state index contributed by atoms with van der Waals surface area (Å²) in [5.41, 5.74) is 0. The predicted molar refractivity (Wildman–Crippen MR) is 56.6 cm³/mol. The van der Waals surface area contributed by atoms with Crippen molar-refractivity contribution in [3.63, 3.8) is 0 Å². The van der Waals surface area contributed by atoms with Gasteiger partial charge in [0, 0.05) is 25.6 Å². The van der Waals surface area contributed by atoms with Crippen molar-refractivity contribution >= 4 is 12.1 Å². The van der Waals surface area contributed by atoms with Crippen molar-refractivity contribution in [1.82, 2.24) is 10.2 Å². The molecule has 0 aromatic carbocycles. The fourth-order valence-electron chi connectivity index (χ4n) is 1.54. The molecule has 80 valence electrons. The van der Waals surface area contributed by atoms with E-state index in [4.69, 9.17) is 5.41 Å². The van der Waals surface area contributed by atoms with E-state index >= 15 is 0 Å². The Hall–Kier alpha value is -0.900. The summed E-state index contributed by atoms with van der Waals surface area (Å²) in [5.74, 6) is 0.404. The Balaban J connectivity index is 2.11. The Morgan fingerprint density at radius 2 is 2.21 bits per heavy atom. The lowest BCUT2D eigenvalue weighted by Crippen LogP contribution is -2.37. The Morgan fingerprint density at radius 1 is 1.57 bits per heavy atom. The molecule has 0 aromatic heterocycles. The van der Waals surface area contributed by atoms with Crippen LogP contribution in [0.3, 0.4) is 0 Å². The van der Waals surface area contributed by atoms with Gasteiger partial charge in [-0.15, -0.1) is 0 Å². The van der Waals surface area contributed by atoms with Gasteiger partial charge in [0.05, 0.1) is 6.54 Å². The largest absolute Gasteiger partial charge is 0.342 e. The van der Waals surface area contributed by atoms with Gasteiger partial charge in [-0.1, -0.05) is 6.92 Å². The van der Waals surface area contributed by atoms with Gasteiger partial charge in [-0.2, -0.15) is 0 Å². The fraction of sp³-hybridized carbons (Fsp3) is 0.800. The van der Waals surface area contributed by atoms with E-state index in [-0.39, 0.29) is 11.8 Å². The highest BCUT2D eigenvalue weighted by atomic mass is 16.2. The third-order valence-electron chi connectivity index (χ3n) is 2.49. The zero-order chi connectivity index (χ0) is 10.4. The Bertz CT molecular complexity index is 200. The summed E-state index contributed by atoms with van der Waals surface area (Å²) < 4.78 is 0. The predicted octanol–water partition coefficient (Wildman–Crippen LogP) is 0.484. The zero-order valence-corrected chi connectivity index (χ0v) is 8.75. The molecule has 14 heavy (non-hydrogen) atoms.